The first-order valence-electron chi connectivity index (χ1n) is 5.75. The van der Waals surface area contributed by atoms with Crippen LogP contribution in [0.2, 0.25) is 0 Å². The van der Waals surface area contributed by atoms with E-state index in [1.54, 1.807) is 22.7 Å². The van der Waals surface area contributed by atoms with Crippen molar-refractivity contribution in [3.05, 3.63) is 35.5 Å². The van der Waals surface area contributed by atoms with Gasteiger partial charge in [0.2, 0.25) is 4.96 Å². The van der Waals surface area contributed by atoms with Crippen molar-refractivity contribution in [3.8, 4) is 17.2 Å². The second-order valence-corrected chi connectivity index (χ2v) is 5.43. The summed E-state index contributed by atoms with van der Waals surface area (Å²) < 4.78 is 7.44. The van der Waals surface area contributed by atoms with Gasteiger partial charge >= 0.3 is 0 Å². The minimum absolute atomic E-state index is 0.211. The number of furan rings is 1. The molecule has 0 aliphatic carbocycles. The molecule has 6 heteroatoms. The second kappa shape index (κ2) is 3.58. The Bertz CT molecular complexity index is 872. The van der Waals surface area contributed by atoms with Crippen LogP contribution in [0.3, 0.4) is 0 Å². The highest BCUT2D eigenvalue weighted by molar-refractivity contribution is 7.16. The Morgan fingerprint density at radius 1 is 1.37 bits per heavy atom. The molecule has 1 N–H and O–H groups in total. The third kappa shape index (κ3) is 1.53. The molecule has 0 atom stereocenters. The average Bonchev–Trinajstić information content (AvgIpc) is 3.00. The molecular weight excluding hydrogens is 262 g/mol. The lowest BCUT2D eigenvalue weighted by Gasteiger charge is -1.89. The standard InChI is InChI=1S/C13H9N3O2S/c1-7-15-16-6-9(14-13(16)19-7)12-5-8-10(17)3-2-4-11(8)18-12/h2-6,17H,1H3. The van der Waals surface area contributed by atoms with E-state index >= 15 is 0 Å². The third-order valence-corrected chi connectivity index (χ3v) is 3.77. The number of phenolic OH excluding ortho intramolecular Hbond substituents is 1. The fraction of sp³-hybridized carbons (Fsp3) is 0.0769. The predicted molar refractivity (Wildman–Crippen MR) is 72.5 cm³/mol. The number of fused-ring (bicyclic) bond motifs is 2. The van der Waals surface area contributed by atoms with Crippen molar-refractivity contribution in [2.45, 2.75) is 6.92 Å². The number of benzene rings is 1. The van der Waals surface area contributed by atoms with Crippen LogP contribution in [-0.2, 0) is 0 Å². The minimum Gasteiger partial charge on any atom is -0.507 e. The van der Waals surface area contributed by atoms with Crippen molar-refractivity contribution in [1.82, 2.24) is 14.6 Å². The van der Waals surface area contributed by atoms with E-state index < -0.39 is 0 Å². The highest BCUT2D eigenvalue weighted by atomic mass is 32.1. The van der Waals surface area contributed by atoms with Crippen molar-refractivity contribution in [3.63, 3.8) is 0 Å². The summed E-state index contributed by atoms with van der Waals surface area (Å²) in [4.78, 5) is 5.30. The van der Waals surface area contributed by atoms with Crippen molar-refractivity contribution in [2.24, 2.45) is 0 Å². The van der Waals surface area contributed by atoms with Crippen molar-refractivity contribution in [1.29, 1.82) is 0 Å². The first kappa shape index (κ1) is 10.6. The number of aromatic hydroxyl groups is 1. The molecule has 0 bridgehead atoms. The molecule has 0 spiro atoms. The largest absolute Gasteiger partial charge is 0.507 e. The molecular formula is C13H9N3O2S. The van der Waals surface area contributed by atoms with E-state index in [1.807, 2.05) is 19.2 Å². The van der Waals surface area contributed by atoms with E-state index in [-0.39, 0.29) is 5.75 Å². The maximum Gasteiger partial charge on any atom is 0.212 e. The van der Waals surface area contributed by atoms with Gasteiger partial charge in [0.1, 0.15) is 22.0 Å². The monoisotopic (exact) mass is 271 g/mol. The number of phenols is 1. The van der Waals surface area contributed by atoms with Gasteiger partial charge in [-0.2, -0.15) is 5.10 Å². The molecule has 1 aromatic carbocycles. The van der Waals surface area contributed by atoms with Crippen LogP contribution in [0, 0.1) is 6.92 Å². The summed E-state index contributed by atoms with van der Waals surface area (Å²) in [5.74, 6) is 0.842. The summed E-state index contributed by atoms with van der Waals surface area (Å²) in [7, 11) is 0. The van der Waals surface area contributed by atoms with Gasteiger partial charge < -0.3 is 9.52 Å². The van der Waals surface area contributed by atoms with E-state index in [9.17, 15) is 5.11 Å². The van der Waals surface area contributed by atoms with Crippen LogP contribution in [0.4, 0.5) is 0 Å². The van der Waals surface area contributed by atoms with Crippen LogP contribution in [0.15, 0.2) is 34.9 Å². The lowest BCUT2D eigenvalue weighted by atomic mass is 10.2. The molecule has 0 saturated heterocycles. The molecule has 0 saturated carbocycles. The summed E-state index contributed by atoms with van der Waals surface area (Å²) in [6, 6.07) is 7.00. The molecule has 19 heavy (non-hydrogen) atoms. The van der Waals surface area contributed by atoms with Crippen molar-refractivity contribution >= 4 is 27.3 Å². The highest BCUT2D eigenvalue weighted by Crippen LogP contribution is 2.32. The second-order valence-electron chi connectivity index (χ2n) is 4.27. The number of hydrogen-bond acceptors (Lipinski definition) is 5. The van der Waals surface area contributed by atoms with Gasteiger partial charge in [0.05, 0.1) is 11.6 Å². The lowest BCUT2D eigenvalue weighted by molar-refractivity contribution is 0.481. The summed E-state index contributed by atoms with van der Waals surface area (Å²) >= 11 is 1.53. The topological polar surface area (TPSA) is 63.6 Å². The van der Waals surface area contributed by atoms with Crippen LogP contribution >= 0.6 is 11.3 Å². The minimum atomic E-state index is 0.211. The Balaban J connectivity index is 1.93. The SMILES string of the molecule is Cc1nn2cc(-c3cc4c(O)cccc4o3)nc2s1. The third-order valence-electron chi connectivity index (χ3n) is 2.94. The Labute approximate surface area is 111 Å². The highest BCUT2D eigenvalue weighted by Gasteiger charge is 2.13. The first-order chi connectivity index (χ1) is 9.20. The van der Waals surface area contributed by atoms with Crippen LogP contribution in [0.25, 0.3) is 27.4 Å². The van der Waals surface area contributed by atoms with E-state index in [2.05, 4.69) is 10.1 Å². The molecule has 0 fully saturated rings. The van der Waals surface area contributed by atoms with Gasteiger partial charge in [0, 0.05) is 0 Å². The van der Waals surface area contributed by atoms with Gasteiger partial charge in [-0.15, -0.1) is 0 Å². The number of rotatable bonds is 1. The summed E-state index contributed by atoms with van der Waals surface area (Å²) in [5, 5.41) is 15.7. The number of hydrogen-bond donors (Lipinski definition) is 1. The number of aromatic nitrogens is 3. The fourth-order valence-electron chi connectivity index (χ4n) is 2.09. The fourth-order valence-corrected chi connectivity index (χ4v) is 2.81. The predicted octanol–water partition coefficient (Wildman–Crippen LogP) is 3.22. The Morgan fingerprint density at radius 2 is 2.26 bits per heavy atom. The zero-order chi connectivity index (χ0) is 13.0. The molecule has 3 heterocycles. The first-order valence-corrected chi connectivity index (χ1v) is 6.57. The summed E-state index contributed by atoms with van der Waals surface area (Å²) in [5.41, 5.74) is 1.37. The molecule has 0 aliphatic heterocycles. The van der Waals surface area contributed by atoms with Crippen LogP contribution in [0.5, 0.6) is 5.75 Å². The van der Waals surface area contributed by atoms with Gasteiger partial charge in [-0.05, 0) is 25.1 Å². The molecule has 0 unspecified atom stereocenters. The van der Waals surface area contributed by atoms with Crippen molar-refractivity contribution < 1.29 is 9.52 Å². The maximum atomic E-state index is 9.77. The maximum absolute atomic E-state index is 9.77. The van der Waals surface area contributed by atoms with E-state index in [0.717, 1.165) is 9.97 Å². The Kier molecular flexibility index (Phi) is 1.99. The van der Waals surface area contributed by atoms with E-state index in [0.29, 0.717) is 22.4 Å². The summed E-state index contributed by atoms with van der Waals surface area (Å²) in [6.45, 7) is 1.94. The number of imidazole rings is 1. The van der Waals surface area contributed by atoms with Gasteiger partial charge in [0.25, 0.3) is 0 Å². The van der Waals surface area contributed by atoms with Gasteiger partial charge in [-0.25, -0.2) is 9.50 Å². The smallest absolute Gasteiger partial charge is 0.212 e. The Morgan fingerprint density at radius 3 is 3.05 bits per heavy atom. The molecule has 4 rings (SSSR count). The van der Waals surface area contributed by atoms with Crippen LogP contribution < -0.4 is 0 Å². The lowest BCUT2D eigenvalue weighted by Crippen LogP contribution is -1.79. The molecule has 4 aromatic rings. The normalized spacial score (nSPS) is 11.6. The van der Waals surface area contributed by atoms with Crippen molar-refractivity contribution in [2.75, 3.05) is 0 Å². The molecule has 0 radical (unpaired) electrons. The average molecular weight is 271 g/mol. The molecule has 94 valence electrons. The van der Waals surface area contributed by atoms with Gasteiger partial charge in [-0.3, -0.25) is 0 Å². The quantitative estimate of drug-likeness (QED) is 0.577. The van der Waals surface area contributed by atoms with Crippen LogP contribution in [0.1, 0.15) is 5.01 Å². The van der Waals surface area contributed by atoms with Gasteiger partial charge in [-0.1, -0.05) is 17.4 Å². The summed E-state index contributed by atoms with van der Waals surface area (Å²) in [6.07, 6.45) is 1.83. The molecule has 5 nitrogen and oxygen atoms in total. The molecule has 3 aromatic heterocycles. The van der Waals surface area contributed by atoms with Crippen LogP contribution in [-0.4, -0.2) is 19.7 Å². The Hall–Kier alpha value is -2.34. The van der Waals surface area contributed by atoms with E-state index in [1.165, 1.54) is 11.3 Å². The molecule has 0 aliphatic rings. The number of nitrogens with zero attached hydrogens (tertiary/aromatic N) is 3. The number of aryl methyl sites for hydroxylation is 1. The van der Waals surface area contributed by atoms with E-state index in [4.69, 9.17) is 4.42 Å². The zero-order valence-electron chi connectivity index (χ0n) is 9.99. The van der Waals surface area contributed by atoms with Gasteiger partial charge in [0.15, 0.2) is 5.76 Å². The molecule has 0 amide bonds. The zero-order valence-corrected chi connectivity index (χ0v) is 10.8.